The van der Waals surface area contributed by atoms with Gasteiger partial charge in [-0.05, 0) is 6.26 Å². The molecule has 0 aromatic rings. The van der Waals surface area contributed by atoms with Crippen molar-refractivity contribution in [2.75, 3.05) is 34.6 Å². The second kappa shape index (κ2) is 11.1. The Bertz CT molecular complexity index is 474. The zero-order valence-corrected chi connectivity index (χ0v) is 15.3. The fourth-order valence-corrected chi connectivity index (χ4v) is 2.37. The van der Waals surface area contributed by atoms with Gasteiger partial charge in [-0.15, -0.1) is 0 Å². The first-order valence-corrected chi connectivity index (χ1v) is 8.15. The van der Waals surface area contributed by atoms with Gasteiger partial charge in [-0.2, -0.15) is 0 Å². The molecule has 0 N–H and O–H groups in total. The highest BCUT2D eigenvalue weighted by molar-refractivity contribution is 8.13. The zero-order chi connectivity index (χ0) is 18.0. The van der Waals surface area contributed by atoms with Gasteiger partial charge in [0.2, 0.25) is 0 Å². The van der Waals surface area contributed by atoms with E-state index in [4.69, 9.17) is 9.47 Å². The van der Waals surface area contributed by atoms with Gasteiger partial charge in [0.15, 0.2) is 5.17 Å². The number of amidine groups is 1. The third kappa shape index (κ3) is 6.62. The Hall–Kier alpha value is -1.54. The lowest BCUT2D eigenvalue weighted by molar-refractivity contribution is -0.136. The van der Waals surface area contributed by atoms with E-state index in [1.54, 1.807) is 25.1 Å². The maximum absolute atomic E-state index is 14.2. The van der Waals surface area contributed by atoms with Crippen molar-refractivity contribution in [3.63, 3.8) is 0 Å². The number of esters is 1. The highest BCUT2D eigenvalue weighted by atomic mass is 32.2. The van der Waals surface area contributed by atoms with Crippen LogP contribution in [0.25, 0.3) is 0 Å². The van der Waals surface area contributed by atoms with E-state index in [0.717, 1.165) is 0 Å². The standard InChI is InChI=1S/C15H25FN2O4S/c1-8-12(20-4)11(16)9-13(21-5)18(3)15(23-7)17-10(2)14(19)22-6/h13H,2,8-9H2,1,3-7H3/b12-11-,17-15?. The van der Waals surface area contributed by atoms with E-state index in [1.807, 2.05) is 0 Å². The molecule has 0 spiro atoms. The second-order valence-corrected chi connectivity index (χ2v) is 5.20. The molecular formula is C15H25FN2O4S. The van der Waals surface area contributed by atoms with E-state index >= 15 is 0 Å². The second-order valence-electron chi connectivity index (χ2n) is 4.43. The zero-order valence-electron chi connectivity index (χ0n) is 14.5. The van der Waals surface area contributed by atoms with Crippen molar-refractivity contribution in [1.29, 1.82) is 0 Å². The average molecular weight is 348 g/mol. The third-order valence-electron chi connectivity index (χ3n) is 3.06. The van der Waals surface area contributed by atoms with Gasteiger partial charge in [0.1, 0.15) is 23.5 Å². The monoisotopic (exact) mass is 348 g/mol. The largest absolute Gasteiger partial charge is 0.498 e. The molecule has 0 aromatic carbocycles. The molecule has 0 rings (SSSR count). The average Bonchev–Trinajstić information content (AvgIpc) is 2.56. The summed E-state index contributed by atoms with van der Waals surface area (Å²) >= 11 is 1.28. The summed E-state index contributed by atoms with van der Waals surface area (Å²) in [7, 11) is 5.85. The number of allylic oxidation sites excluding steroid dienone is 1. The first-order chi connectivity index (χ1) is 10.9. The Balaban J connectivity index is 5.28. The van der Waals surface area contributed by atoms with E-state index < -0.39 is 12.2 Å². The normalized spacial score (nSPS) is 14.0. The fourth-order valence-electron chi connectivity index (χ4n) is 1.76. The molecule has 8 heteroatoms. The number of halogens is 1. The van der Waals surface area contributed by atoms with Crippen LogP contribution >= 0.6 is 11.8 Å². The van der Waals surface area contributed by atoms with Crippen LogP contribution in [0.5, 0.6) is 0 Å². The maximum Gasteiger partial charge on any atom is 0.356 e. The van der Waals surface area contributed by atoms with Gasteiger partial charge >= 0.3 is 5.97 Å². The molecule has 0 heterocycles. The molecule has 0 aliphatic rings. The van der Waals surface area contributed by atoms with Crippen molar-refractivity contribution in [3.05, 3.63) is 23.9 Å². The van der Waals surface area contributed by atoms with Crippen LogP contribution in [0.15, 0.2) is 28.9 Å². The molecule has 0 radical (unpaired) electrons. The summed E-state index contributed by atoms with van der Waals surface area (Å²) in [4.78, 5) is 17.1. The number of rotatable bonds is 8. The molecule has 0 bridgehead atoms. The summed E-state index contributed by atoms with van der Waals surface area (Å²) < 4.78 is 29.1. The van der Waals surface area contributed by atoms with Crippen molar-refractivity contribution in [2.45, 2.75) is 26.0 Å². The third-order valence-corrected chi connectivity index (χ3v) is 3.81. The Labute approximate surface area is 141 Å². The minimum atomic E-state index is -0.627. The topological polar surface area (TPSA) is 60.4 Å². The van der Waals surface area contributed by atoms with Gasteiger partial charge in [0.25, 0.3) is 0 Å². The lowest BCUT2D eigenvalue weighted by Crippen LogP contribution is -2.37. The molecule has 1 atom stereocenters. The molecule has 0 saturated carbocycles. The molecule has 0 fully saturated rings. The van der Waals surface area contributed by atoms with Crippen molar-refractivity contribution >= 4 is 22.9 Å². The van der Waals surface area contributed by atoms with Crippen LogP contribution in [-0.2, 0) is 19.0 Å². The van der Waals surface area contributed by atoms with Crippen molar-refractivity contribution in [2.24, 2.45) is 4.99 Å². The summed E-state index contributed by atoms with van der Waals surface area (Å²) in [5.74, 6) is -0.736. The number of hydrogen-bond acceptors (Lipinski definition) is 6. The molecule has 0 aromatic heterocycles. The van der Waals surface area contributed by atoms with Crippen LogP contribution in [0.4, 0.5) is 4.39 Å². The van der Waals surface area contributed by atoms with E-state index in [2.05, 4.69) is 16.3 Å². The smallest absolute Gasteiger partial charge is 0.356 e. The molecule has 132 valence electrons. The lowest BCUT2D eigenvalue weighted by atomic mass is 10.2. The highest BCUT2D eigenvalue weighted by Gasteiger charge is 2.22. The SMILES string of the molecule is C=C(N=C(SC)N(C)C(C/C(F)=C(\CC)OC)OC)C(=O)OC. The first kappa shape index (κ1) is 21.5. The summed E-state index contributed by atoms with van der Waals surface area (Å²) in [5.41, 5.74) is -0.0410. The molecule has 0 aliphatic heterocycles. The molecular weight excluding hydrogens is 323 g/mol. The predicted molar refractivity (Wildman–Crippen MR) is 90.7 cm³/mol. The van der Waals surface area contributed by atoms with Gasteiger partial charge < -0.3 is 19.1 Å². The highest BCUT2D eigenvalue weighted by Crippen LogP contribution is 2.21. The molecule has 6 nitrogen and oxygen atoms in total. The van der Waals surface area contributed by atoms with Gasteiger partial charge in [-0.3, -0.25) is 0 Å². The minimum Gasteiger partial charge on any atom is -0.498 e. The summed E-state index contributed by atoms with van der Waals surface area (Å²) in [5, 5.41) is 0.454. The summed E-state index contributed by atoms with van der Waals surface area (Å²) in [6.45, 7) is 5.35. The van der Waals surface area contributed by atoms with Crippen LogP contribution in [0.3, 0.4) is 0 Å². The van der Waals surface area contributed by atoms with E-state index in [-0.39, 0.29) is 23.7 Å². The fraction of sp³-hybridized carbons (Fsp3) is 0.600. The number of ether oxygens (including phenoxy) is 3. The Morgan fingerprint density at radius 2 is 1.96 bits per heavy atom. The Morgan fingerprint density at radius 3 is 2.35 bits per heavy atom. The van der Waals surface area contributed by atoms with Gasteiger partial charge in [-0.25, -0.2) is 14.2 Å². The number of methoxy groups -OCH3 is 3. The predicted octanol–water partition coefficient (Wildman–Crippen LogP) is 2.92. The summed E-state index contributed by atoms with van der Waals surface area (Å²) in [6, 6.07) is 0. The molecule has 0 aliphatic carbocycles. The summed E-state index contributed by atoms with van der Waals surface area (Å²) in [6.07, 6.45) is 1.62. The van der Waals surface area contributed by atoms with Crippen LogP contribution in [0.1, 0.15) is 19.8 Å². The van der Waals surface area contributed by atoms with Gasteiger partial charge in [0.05, 0.1) is 14.2 Å². The molecule has 0 amide bonds. The van der Waals surface area contributed by atoms with Crippen LogP contribution < -0.4 is 0 Å². The lowest BCUT2D eigenvalue weighted by Gasteiger charge is -2.28. The number of thioether (sulfide) groups is 1. The minimum absolute atomic E-state index is 0.00566. The number of aliphatic imine (C=N–C) groups is 1. The van der Waals surface area contributed by atoms with Crippen LogP contribution in [-0.4, -0.2) is 56.9 Å². The number of hydrogen-bond donors (Lipinski definition) is 0. The number of nitrogens with zero attached hydrogens (tertiary/aromatic N) is 2. The number of carbonyl (C=O) groups excluding carboxylic acids is 1. The number of carbonyl (C=O) groups is 1. The maximum atomic E-state index is 14.2. The van der Waals surface area contributed by atoms with Crippen molar-refractivity contribution in [1.82, 2.24) is 4.90 Å². The van der Waals surface area contributed by atoms with Crippen molar-refractivity contribution in [3.8, 4) is 0 Å². The van der Waals surface area contributed by atoms with Gasteiger partial charge in [-0.1, -0.05) is 25.3 Å². The van der Waals surface area contributed by atoms with E-state index in [9.17, 15) is 9.18 Å². The molecule has 1 unspecified atom stereocenters. The Kier molecular flexibility index (Phi) is 10.3. The molecule has 0 saturated heterocycles. The quantitative estimate of drug-likeness (QED) is 0.168. The van der Waals surface area contributed by atoms with E-state index in [1.165, 1.54) is 33.1 Å². The first-order valence-electron chi connectivity index (χ1n) is 6.93. The van der Waals surface area contributed by atoms with Crippen LogP contribution in [0.2, 0.25) is 0 Å². The van der Waals surface area contributed by atoms with E-state index in [0.29, 0.717) is 11.6 Å². The molecule has 23 heavy (non-hydrogen) atoms. The van der Waals surface area contributed by atoms with Crippen molar-refractivity contribution < 1.29 is 23.4 Å². The van der Waals surface area contributed by atoms with Gasteiger partial charge in [0, 0.05) is 27.0 Å². The van der Waals surface area contributed by atoms with Crippen LogP contribution in [0, 0.1) is 0 Å². The Morgan fingerprint density at radius 1 is 1.35 bits per heavy atom.